The summed E-state index contributed by atoms with van der Waals surface area (Å²) in [6.07, 6.45) is 48.1. The molecule has 254 valence electrons. The molecule has 0 amide bonds. The van der Waals surface area contributed by atoms with Gasteiger partial charge in [0.05, 0.1) is 0 Å². The second-order valence-electron chi connectivity index (χ2n) is 14.1. The molecular formula is C42H76N2. The standard InChI is InChI=1S/C42H76N2/c1-3-5-7-9-11-13-15-17-18-19-20-22-24-26-28-33-37-42-43(39-40-44(42)41-35-31-30-32-36-41)38-34-29-27-25-23-21-16-14-12-10-8-6-4-2/h30-32,35-36,39-40,42H,3-29,33-34,37-38H2,1-2H3. The second-order valence-corrected chi connectivity index (χ2v) is 14.1. The number of hydrogen-bond acceptors (Lipinski definition) is 2. The summed E-state index contributed by atoms with van der Waals surface area (Å²) in [5.41, 5.74) is 1.35. The van der Waals surface area contributed by atoms with Gasteiger partial charge in [-0.1, -0.05) is 205 Å². The van der Waals surface area contributed by atoms with E-state index in [4.69, 9.17) is 0 Å². The number of nitrogens with zero attached hydrogens (tertiary/aromatic N) is 2. The molecule has 0 saturated carbocycles. The highest BCUT2D eigenvalue weighted by molar-refractivity contribution is 5.51. The molecule has 1 atom stereocenters. The van der Waals surface area contributed by atoms with Crippen molar-refractivity contribution in [2.75, 3.05) is 11.4 Å². The average molecular weight is 609 g/mol. The monoisotopic (exact) mass is 609 g/mol. The van der Waals surface area contributed by atoms with Gasteiger partial charge in [0.25, 0.3) is 0 Å². The van der Waals surface area contributed by atoms with Crippen LogP contribution in [0.3, 0.4) is 0 Å². The molecule has 0 aliphatic carbocycles. The zero-order valence-electron chi connectivity index (χ0n) is 29.9. The SMILES string of the molecule is CCCCCCCCCCCCCCCCCCC1N(CCCCCCCCCCCCCCC)C=CN1c1ccccc1. The Morgan fingerprint density at radius 2 is 0.773 bits per heavy atom. The minimum absolute atomic E-state index is 0.501. The fourth-order valence-electron chi connectivity index (χ4n) is 7.09. The first-order chi connectivity index (χ1) is 21.9. The van der Waals surface area contributed by atoms with E-state index >= 15 is 0 Å². The average Bonchev–Trinajstić information content (AvgIpc) is 3.45. The van der Waals surface area contributed by atoms with E-state index in [-0.39, 0.29) is 0 Å². The first-order valence-electron chi connectivity index (χ1n) is 20.1. The molecule has 2 rings (SSSR count). The van der Waals surface area contributed by atoms with Crippen LogP contribution in [-0.4, -0.2) is 17.6 Å². The van der Waals surface area contributed by atoms with Crippen LogP contribution in [0.4, 0.5) is 5.69 Å². The van der Waals surface area contributed by atoms with E-state index in [1.54, 1.807) is 0 Å². The fraction of sp³-hybridized carbons (Fsp3) is 0.810. The van der Waals surface area contributed by atoms with Crippen LogP contribution in [0, 0.1) is 0 Å². The molecule has 1 unspecified atom stereocenters. The van der Waals surface area contributed by atoms with Crippen LogP contribution in [0.25, 0.3) is 0 Å². The lowest BCUT2D eigenvalue weighted by atomic mass is 10.0. The number of anilines is 1. The van der Waals surface area contributed by atoms with Crippen LogP contribution in [-0.2, 0) is 0 Å². The van der Waals surface area contributed by atoms with Crippen LogP contribution < -0.4 is 4.90 Å². The van der Waals surface area contributed by atoms with E-state index in [9.17, 15) is 0 Å². The van der Waals surface area contributed by atoms with Crippen molar-refractivity contribution < 1.29 is 0 Å². The van der Waals surface area contributed by atoms with Crippen LogP contribution in [0.2, 0.25) is 0 Å². The van der Waals surface area contributed by atoms with Gasteiger partial charge in [-0.25, -0.2) is 0 Å². The van der Waals surface area contributed by atoms with Gasteiger partial charge >= 0.3 is 0 Å². The summed E-state index contributed by atoms with van der Waals surface area (Å²) in [5.74, 6) is 0. The molecule has 1 aromatic carbocycles. The van der Waals surface area contributed by atoms with Crippen molar-refractivity contribution >= 4 is 5.69 Å². The van der Waals surface area contributed by atoms with Gasteiger partial charge in [0.1, 0.15) is 6.17 Å². The third-order valence-corrected chi connectivity index (χ3v) is 10.0. The van der Waals surface area contributed by atoms with Gasteiger partial charge < -0.3 is 9.80 Å². The van der Waals surface area contributed by atoms with Crippen molar-refractivity contribution in [3.63, 3.8) is 0 Å². The molecule has 0 saturated heterocycles. The number of para-hydroxylation sites is 1. The zero-order valence-corrected chi connectivity index (χ0v) is 29.9. The van der Waals surface area contributed by atoms with Gasteiger partial charge in [0.2, 0.25) is 0 Å². The van der Waals surface area contributed by atoms with Crippen molar-refractivity contribution in [2.24, 2.45) is 0 Å². The Labute approximate surface area is 276 Å². The lowest BCUT2D eigenvalue weighted by molar-refractivity contribution is 0.273. The Hall–Kier alpha value is -1.44. The van der Waals surface area contributed by atoms with E-state index in [1.165, 1.54) is 205 Å². The Bertz CT molecular complexity index is 743. The van der Waals surface area contributed by atoms with E-state index in [0.717, 1.165) is 0 Å². The van der Waals surface area contributed by atoms with Gasteiger partial charge in [0, 0.05) is 24.6 Å². The lowest BCUT2D eigenvalue weighted by Gasteiger charge is -2.33. The Morgan fingerprint density at radius 3 is 1.18 bits per heavy atom. The van der Waals surface area contributed by atoms with Crippen LogP contribution >= 0.6 is 0 Å². The maximum absolute atomic E-state index is 2.65. The predicted octanol–water partition coefficient (Wildman–Crippen LogP) is 14.3. The highest BCUT2D eigenvalue weighted by Gasteiger charge is 2.26. The maximum Gasteiger partial charge on any atom is 0.105 e. The van der Waals surface area contributed by atoms with E-state index in [1.807, 2.05) is 0 Å². The smallest absolute Gasteiger partial charge is 0.105 e. The molecule has 0 aromatic heterocycles. The molecule has 0 radical (unpaired) electrons. The van der Waals surface area contributed by atoms with E-state index in [2.05, 4.69) is 66.4 Å². The molecule has 1 aliphatic heterocycles. The van der Waals surface area contributed by atoms with E-state index in [0.29, 0.717) is 6.17 Å². The third-order valence-electron chi connectivity index (χ3n) is 10.0. The summed E-state index contributed by atoms with van der Waals surface area (Å²) in [6, 6.07) is 11.1. The largest absolute Gasteiger partial charge is 0.356 e. The summed E-state index contributed by atoms with van der Waals surface area (Å²) < 4.78 is 0. The van der Waals surface area contributed by atoms with Gasteiger partial charge in [0.15, 0.2) is 0 Å². The van der Waals surface area contributed by atoms with Gasteiger partial charge in [-0.2, -0.15) is 0 Å². The van der Waals surface area contributed by atoms with Crippen molar-refractivity contribution in [1.29, 1.82) is 0 Å². The molecule has 2 nitrogen and oxygen atoms in total. The normalized spacial score (nSPS) is 14.7. The van der Waals surface area contributed by atoms with Crippen molar-refractivity contribution in [1.82, 2.24) is 4.90 Å². The summed E-state index contributed by atoms with van der Waals surface area (Å²) >= 11 is 0. The molecule has 0 N–H and O–H groups in total. The van der Waals surface area contributed by atoms with Gasteiger partial charge in [-0.15, -0.1) is 0 Å². The summed E-state index contributed by atoms with van der Waals surface area (Å²) in [4.78, 5) is 5.18. The molecule has 44 heavy (non-hydrogen) atoms. The number of unbranched alkanes of at least 4 members (excludes halogenated alkanes) is 27. The number of rotatable bonds is 32. The Kier molecular flexibility index (Phi) is 25.5. The third kappa shape index (κ3) is 19.8. The highest BCUT2D eigenvalue weighted by atomic mass is 15.4. The highest BCUT2D eigenvalue weighted by Crippen LogP contribution is 2.28. The first-order valence-corrected chi connectivity index (χ1v) is 20.1. The topological polar surface area (TPSA) is 6.48 Å². The predicted molar refractivity (Wildman–Crippen MR) is 198 cm³/mol. The Morgan fingerprint density at radius 1 is 0.409 bits per heavy atom. The molecule has 1 aliphatic rings. The minimum atomic E-state index is 0.501. The van der Waals surface area contributed by atoms with Crippen molar-refractivity contribution in [3.05, 3.63) is 42.7 Å². The maximum atomic E-state index is 2.65. The molecule has 0 fully saturated rings. The zero-order chi connectivity index (χ0) is 31.2. The van der Waals surface area contributed by atoms with Crippen LogP contribution in [0.15, 0.2) is 42.7 Å². The fourth-order valence-corrected chi connectivity index (χ4v) is 7.09. The van der Waals surface area contributed by atoms with E-state index < -0.39 is 0 Å². The molecule has 2 heteroatoms. The lowest BCUT2D eigenvalue weighted by Crippen LogP contribution is -2.39. The molecule has 0 bridgehead atoms. The van der Waals surface area contributed by atoms with Gasteiger partial charge in [-0.3, -0.25) is 0 Å². The first kappa shape index (κ1) is 38.7. The quantitative estimate of drug-likeness (QED) is 0.0751. The molecular weight excluding hydrogens is 532 g/mol. The molecule has 1 heterocycles. The Balaban J connectivity index is 1.51. The summed E-state index contributed by atoms with van der Waals surface area (Å²) in [7, 11) is 0. The van der Waals surface area contributed by atoms with Crippen molar-refractivity contribution in [2.45, 2.75) is 213 Å². The van der Waals surface area contributed by atoms with Crippen LogP contribution in [0.5, 0.6) is 0 Å². The molecule has 0 spiro atoms. The summed E-state index contributed by atoms with van der Waals surface area (Å²) in [5, 5.41) is 0. The van der Waals surface area contributed by atoms with Crippen molar-refractivity contribution in [3.8, 4) is 0 Å². The van der Waals surface area contributed by atoms with Gasteiger partial charge in [-0.05, 0) is 31.4 Å². The number of hydrogen-bond donors (Lipinski definition) is 0. The molecule has 1 aromatic rings. The number of benzene rings is 1. The second kappa shape index (κ2) is 29.0. The van der Waals surface area contributed by atoms with Crippen LogP contribution in [0.1, 0.15) is 206 Å². The summed E-state index contributed by atoms with van der Waals surface area (Å²) in [6.45, 7) is 5.82. The minimum Gasteiger partial charge on any atom is -0.356 e.